The number of carbonyl (C=O) groups is 1. The first-order chi connectivity index (χ1) is 13.8. The topological polar surface area (TPSA) is 84.7 Å². The average Bonchev–Trinajstić information content (AvgIpc) is 3.28. The van der Waals surface area contributed by atoms with E-state index in [1.807, 2.05) is 66.9 Å². The molecule has 0 bridgehead atoms. The van der Waals surface area contributed by atoms with Gasteiger partial charge in [-0.2, -0.15) is 5.10 Å². The molecule has 0 saturated carbocycles. The van der Waals surface area contributed by atoms with Gasteiger partial charge in [0.15, 0.2) is 0 Å². The Bertz CT molecular complexity index is 1050. The summed E-state index contributed by atoms with van der Waals surface area (Å²) in [5.74, 6) is 0.202. The Morgan fingerprint density at radius 1 is 0.929 bits per heavy atom. The third-order valence-electron chi connectivity index (χ3n) is 4.13. The predicted molar refractivity (Wildman–Crippen MR) is 106 cm³/mol. The van der Waals surface area contributed by atoms with Crippen LogP contribution in [0.4, 0.5) is 11.6 Å². The maximum Gasteiger partial charge on any atom is 0.254 e. The Hall–Kier alpha value is -4.00. The molecule has 4 rings (SSSR count). The number of aromatic nitrogens is 4. The van der Waals surface area contributed by atoms with Crippen LogP contribution in [-0.4, -0.2) is 25.7 Å². The molecular formula is C21H18N6O. The second-order valence-electron chi connectivity index (χ2n) is 6.05. The lowest BCUT2D eigenvalue weighted by molar-refractivity contribution is 0.0950. The highest BCUT2D eigenvalue weighted by atomic mass is 16.1. The molecule has 0 aliphatic rings. The lowest BCUT2D eigenvalue weighted by Crippen LogP contribution is -2.24. The van der Waals surface area contributed by atoms with E-state index in [9.17, 15) is 4.79 Å². The molecule has 0 fully saturated rings. The highest BCUT2D eigenvalue weighted by Gasteiger charge is 2.10. The Kier molecular flexibility index (Phi) is 5.06. The standard InChI is InChI=1S/C21H18N6O/c28-20(17-14-23-21(24-15-17)26-18-8-2-1-3-9-18)22-13-16-7-4-5-10-19(16)27-12-6-11-25-27/h1-12,14-15H,13H2,(H,22,28)(H,23,24,26). The summed E-state index contributed by atoms with van der Waals surface area (Å²) in [4.78, 5) is 20.9. The Labute approximate surface area is 162 Å². The van der Waals surface area contributed by atoms with Gasteiger partial charge in [-0.25, -0.2) is 14.6 Å². The first-order valence-electron chi connectivity index (χ1n) is 8.80. The third kappa shape index (κ3) is 4.04. The lowest BCUT2D eigenvalue weighted by Gasteiger charge is -2.11. The van der Waals surface area contributed by atoms with Crippen LogP contribution in [0.25, 0.3) is 5.69 Å². The number of rotatable bonds is 6. The van der Waals surface area contributed by atoms with E-state index in [2.05, 4.69) is 25.7 Å². The molecule has 2 heterocycles. The maximum atomic E-state index is 12.5. The molecule has 138 valence electrons. The third-order valence-corrected chi connectivity index (χ3v) is 4.13. The van der Waals surface area contributed by atoms with Crippen molar-refractivity contribution in [1.82, 2.24) is 25.1 Å². The van der Waals surface area contributed by atoms with Gasteiger partial charge in [0.1, 0.15) is 0 Å². The normalized spacial score (nSPS) is 10.4. The van der Waals surface area contributed by atoms with Gasteiger partial charge < -0.3 is 10.6 Å². The molecule has 2 N–H and O–H groups in total. The molecule has 0 saturated heterocycles. The first-order valence-corrected chi connectivity index (χ1v) is 8.80. The summed E-state index contributed by atoms with van der Waals surface area (Å²) < 4.78 is 1.77. The van der Waals surface area contributed by atoms with Crippen molar-refractivity contribution in [3.63, 3.8) is 0 Å². The Balaban J connectivity index is 1.41. The van der Waals surface area contributed by atoms with E-state index in [0.717, 1.165) is 16.9 Å². The van der Waals surface area contributed by atoms with Crippen molar-refractivity contribution in [1.29, 1.82) is 0 Å². The fourth-order valence-electron chi connectivity index (χ4n) is 2.73. The summed E-state index contributed by atoms with van der Waals surface area (Å²) in [6.45, 7) is 0.374. The molecule has 2 aromatic heterocycles. The maximum absolute atomic E-state index is 12.5. The number of hydrogen-bond donors (Lipinski definition) is 2. The molecule has 0 atom stereocenters. The molecule has 0 spiro atoms. The van der Waals surface area contributed by atoms with Gasteiger partial charge in [-0.05, 0) is 29.8 Å². The van der Waals surface area contributed by atoms with Crippen LogP contribution in [0.5, 0.6) is 0 Å². The van der Waals surface area contributed by atoms with E-state index in [1.165, 1.54) is 12.4 Å². The van der Waals surface area contributed by atoms with E-state index < -0.39 is 0 Å². The summed E-state index contributed by atoms with van der Waals surface area (Å²) in [6.07, 6.45) is 6.60. The average molecular weight is 370 g/mol. The van der Waals surface area contributed by atoms with E-state index in [0.29, 0.717) is 18.1 Å². The minimum absolute atomic E-state index is 0.235. The number of nitrogens with zero attached hydrogens (tertiary/aromatic N) is 4. The van der Waals surface area contributed by atoms with E-state index >= 15 is 0 Å². The zero-order chi connectivity index (χ0) is 19.2. The number of amides is 1. The summed E-state index contributed by atoms with van der Waals surface area (Å²) in [6, 6.07) is 19.3. The minimum Gasteiger partial charge on any atom is -0.348 e. The first kappa shape index (κ1) is 17.4. The Morgan fingerprint density at radius 2 is 1.68 bits per heavy atom. The van der Waals surface area contributed by atoms with Crippen molar-refractivity contribution >= 4 is 17.5 Å². The number of anilines is 2. The highest BCUT2D eigenvalue weighted by molar-refractivity contribution is 5.93. The molecule has 0 radical (unpaired) electrons. The molecule has 0 unspecified atom stereocenters. The van der Waals surface area contributed by atoms with Gasteiger partial charge in [-0.3, -0.25) is 4.79 Å². The predicted octanol–water partition coefficient (Wildman–Crippen LogP) is 3.34. The van der Waals surface area contributed by atoms with Crippen LogP contribution in [-0.2, 0) is 6.54 Å². The second kappa shape index (κ2) is 8.13. The molecule has 0 aliphatic heterocycles. The summed E-state index contributed by atoms with van der Waals surface area (Å²) >= 11 is 0. The van der Waals surface area contributed by atoms with Crippen LogP contribution < -0.4 is 10.6 Å². The van der Waals surface area contributed by atoms with Crippen molar-refractivity contribution in [3.8, 4) is 5.69 Å². The van der Waals surface area contributed by atoms with Gasteiger partial charge in [0, 0.05) is 37.0 Å². The summed E-state index contributed by atoms with van der Waals surface area (Å²) in [5, 5.41) is 10.2. The summed E-state index contributed by atoms with van der Waals surface area (Å²) in [7, 11) is 0. The van der Waals surface area contributed by atoms with Gasteiger partial charge in [-0.1, -0.05) is 36.4 Å². The fourth-order valence-corrected chi connectivity index (χ4v) is 2.73. The summed E-state index contributed by atoms with van der Waals surface area (Å²) in [5.41, 5.74) is 3.17. The zero-order valence-corrected chi connectivity index (χ0v) is 15.0. The van der Waals surface area contributed by atoms with Gasteiger partial charge in [0.2, 0.25) is 5.95 Å². The molecule has 0 aliphatic carbocycles. The fraction of sp³-hybridized carbons (Fsp3) is 0.0476. The number of carbonyl (C=O) groups excluding carboxylic acids is 1. The lowest BCUT2D eigenvalue weighted by atomic mass is 10.1. The molecule has 4 aromatic rings. The van der Waals surface area contributed by atoms with E-state index in [1.54, 1.807) is 10.9 Å². The van der Waals surface area contributed by atoms with Crippen molar-refractivity contribution in [3.05, 3.63) is 96.6 Å². The highest BCUT2D eigenvalue weighted by Crippen LogP contribution is 2.14. The quantitative estimate of drug-likeness (QED) is 0.544. The molecule has 2 aromatic carbocycles. The van der Waals surface area contributed by atoms with Gasteiger partial charge in [-0.15, -0.1) is 0 Å². The van der Waals surface area contributed by atoms with Crippen LogP contribution in [0.15, 0.2) is 85.5 Å². The largest absolute Gasteiger partial charge is 0.348 e. The van der Waals surface area contributed by atoms with Crippen LogP contribution in [0.3, 0.4) is 0 Å². The van der Waals surface area contributed by atoms with Gasteiger partial charge in [0.05, 0.1) is 11.3 Å². The Morgan fingerprint density at radius 3 is 2.43 bits per heavy atom. The van der Waals surface area contributed by atoms with Crippen molar-refractivity contribution in [2.24, 2.45) is 0 Å². The van der Waals surface area contributed by atoms with E-state index in [4.69, 9.17) is 0 Å². The van der Waals surface area contributed by atoms with Crippen LogP contribution >= 0.6 is 0 Å². The zero-order valence-electron chi connectivity index (χ0n) is 15.0. The monoisotopic (exact) mass is 370 g/mol. The van der Waals surface area contributed by atoms with E-state index in [-0.39, 0.29) is 5.91 Å². The molecule has 1 amide bonds. The van der Waals surface area contributed by atoms with Crippen LogP contribution in [0.2, 0.25) is 0 Å². The minimum atomic E-state index is -0.235. The van der Waals surface area contributed by atoms with Crippen LogP contribution in [0, 0.1) is 0 Å². The molecular weight excluding hydrogens is 352 g/mol. The van der Waals surface area contributed by atoms with Crippen molar-refractivity contribution < 1.29 is 4.79 Å². The van der Waals surface area contributed by atoms with Crippen molar-refractivity contribution in [2.75, 3.05) is 5.32 Å². The van der Waals surface area contributed by atoms with Crippen LogP contribution in [0.1, 0.15) is 15.9 Å². The number of hydrogen-bond acceptors (Lipinski definition) is 5. The van der Waals surface area contributed by atoms with Gasteiger partial charge in [0.25, 0.3) is 5.91 Å². The second-order valence-corrected chi connectivity index (χ2v) is 6.05. The van der Waals surface area contributed by atoms with Gasteiger partial charge >= 0.3 is 0 Å². The van der Waals surface area contributed by atoms with Crippen molar-refractivity contribution in [2.45, 2.75) is 6.54 Å². The number of benzene rings is 2. The number of para-hydroxylation sites is 2. The molecule has 7 heteroatoms. The SMILES string of the molecule is O=C(NCc1ccccc1-n1cccn1)c1cnc(Nc2ccccc2)nc1. The number of nitrogens with one attached hydrogen (secondary N) is 2. The molecule has 28 heavy (non-hydrogen) atoms. The smallest absolute Gasteiger partial charge is 0.254 e. The molecule has 7 nitrogen and oxygen atoms in total.